The molecule has 1 atom stereocenters. The standard InChI is InChI=1S/C7H14N2O3S/c1-6(2)7(5-10)9-13(11,12)4-3-8/h6-7,9-10H,4-5H2,1-2H3. The van der Waals surface area contributed by atoms with Crippen LogP contribution in [0.5, 0.6) is 0 Å². The van der Waals surface area contributed by atoms with Crippen LogP contribution in [0.3, 0.4) is 0 Å². The predicted molar refractivity (Wildman–Crippen MR) is 48.2 cm³/mol. The Hall–Kier alpha value is -0.640. The Bertz CT molecular complexity index is 279. The van der Waals surface area contributed by atoms with Gasteiger partial charge in [0.05, 0.1) is 12.7 Å². The fourth-order valence-corrected chi connectivity index (χ4v) is 1.80. The molecule has 0 aromatic heterocycles. The SMILES string of the molecule is CC(C)C(CO)NS(=O)(=O)CC#N. The van der Waals surface area contributed by atoms with Gasteiger partial charge in [0.2, 0.25) is 10.0 Å². The van der Waals surface area contributed by atoms with E-state index in [1.54, 1.807) is 19.9 Å². The van der Waals surface area contributed by atoms with Gasteiger partial charge in [0, 0.05) is 6.04 Å². The molecule has 0 spiro atoms. The van der Waals surface area contributed by atoms with E-state index < -0.39 is 21.8 Å². The van der Waals surface area contributed by atoms with E-state index in [1.807, 2.05) is 0 Å². The summed E-state index contributed by atoms with van der Waals surface area (Å²) in [6, 6.07) is 1.03. The van der Waals surface area contributed by atoms with E-state index >= 15 is 0 Å². The van der Waals surface area contributed by atoms with Crippen molar-refractivity contribution in [2.75, 3.05) is 12.4 Å². The van der Waals surface area contributed by atoms with Gasteiger partial charge in [0.1, 0.15) is 0 Å². The minimum Gasteiger partial charge on any atom is -0.395 e. The van der Waals surface area contributed by atoms with E-state index in [-0.39, 0.29) is 12.5 Å². The van der Waals surface area contributed by atoms with Crippen LogP contribution < -0.4 is 4.72 Å². The van der Waals surface area contributed by atoms with E-state index in [2.05, 4.69) is 4.72 Å². The summed E-state index contributed by atoms with van der Waals surface area (Å²) in [5.41, 5.74) is 0. The quantitative estimate of drug-likeness (QED) is 0.631. The van der Waals surface area contributed by atoms with Gasteiger partial charge < -0.3 is 5.11 Å². The minimum absolute atomic E-state index is 0.00142. The first-order valence-corrected chi connectivity index (χ1v) is 5.56. The predicted octanol–water partition coefficient (Wildman–Crippen LogP) is -0.554. The molecular weight excluding hydrogens is 192 g/mol. The maximum Gasteiger partial charge on any atom is 0.225 e. The molecule has 0 aliphatic heterocycles. The van der Waals surface area contributed by atoms with Crippen molar-refractivity contribution in [1.82, 2.24) is 4.72 Å². The first-order chi connectivity index (χ1) is 5.93. The molecule has 0 aliphatic carbocycles. The Kier molecular flexibility index (Phi) is 4.91. The van der Waals surface area contributed by atoms with Gasteiger partial charge in [-0.25, -0.2) is 13.1 Å². The van der Waals surface area contributed by atoms with Gasteiger partial charge in [-0.1, -0.05) is 13.8 Å². The van der Waals surface area contributed by atoms with Crippen molar-refractivity contribution >= 4 is 10.0 Å². The minimum atomic E-state index is -3.56. The zero-order chi connectivity index (χ0) is 10.5. The molecule has 13 heavy (non-hydrogen) atoms. The summed E-state index contributed by atoms with van der Waals surface area (Å²) >= 11 is 0. The summed E-state index contributed by atoms with van der Waals surface area (Å²) in [5, 5.41) is 17.0. The van der Waals surface area contributed by atoms with Gasteiger partial charge in [-0.15, -0.1) is 0 Å². The highest BCUT2D eigenvalue weighted by Crippen LogP contribution is 2.02. The molecule has 0 aromatic rings. The van der Waals surface area contributed by atoms with Crippen LogP contribution >= 0.6 is 0 Å². The summed E-state index contributed by atoms with van der Waals surface area (Å²) in [5.74, 6) is -0.575. The largest absolute Gasteiger partial charge is 0.395 e. The van der Waals surface area contributed by atoms with Crippen molar-refractivity contribution in [3.8, 4) is 6.07 Å². The van der Waals surface area contributed by atoms with E-state index in [1.165, 1.54) is 0 Å². The maximum atomic E-state index is 11.1. The number of nitrogens with zero attached hydrogens (tertiary/aromatic N) is 1. The van der Waals surface area contributed by atoms with Crippen LogP contribution in [0, 0.1) is 17.2 Å². The average molecular weight is 206 g/mol. The molecular formula is C7H14N2O3S. The lowest BCUT2D eigenvalue weighted by Gasteiger charge is -2.18. The second-order valence-electron chi connectivity index (χ2n) is 3.07. The van der Waals surface area contributed by atoms with E-state index in [0.717, 1.165) is 0 Å². The maximum absolute atomic E-state index is 11.1. The van der Waals surface area contributed by atoms with Crippen molar-refractivity contribution in [2.45, 2.75) is 19.9 Å². The van der Waals surface area contributed by atoms with Crippen LogP contribution in [0.2, 0.25) is 0 Å². The molecule has 1 unspecified atom stereocenters. The third kappa shape index (κ3) is 4.83. The first-order valence-electron chi connectivity index (χ1n) is 3.90. The molecule has 76 valence electrons. The molecule has 0 heterocycles. The number of sulfonamides is 1. The zero-order valence-electron chi connectivity index (χ0n) is 7.69. The number of aliphatic hydroxyl groups is 1. The van der Waals surface area contributed by atoms with Crippen molar-refractivity contribution < 1.29 is 13.5 Å². The average Bonchev–Trinajstić information content (AvgIpc) is 1.99. The number of nitrogens with one attached hydrogen (secondary N) is 1. The molecule has 5 nitrogen and oxygen atoms in total. The van der Waals surface area contributed by atoms with Crippen molar-refractivity contribution in [2.24, 2.45) is 5.92 Å². The Balaban J connectivity index is 4.33. The van der Waals surface area contributed by atoms with Crippen LogP contribution in [-0.2, 0) is 10.0 Å². The van der Waals surface area contributed by atoms with Crippen LogP contribution in [0.15, 0.2) is 0 Å². The molecule has 0 radical (unpaired) electrons. The monoisotopic (exact) mass is 206 g/mol. The Morgan fingerprint density at radius 1 is 1.54 bits per heavy atom. The van der Waals surface area contributed by atoms with Crippen LogP contribution in [0.1, 0.15) is 13.8 Å². The normalized spacial score (nSPS) is 14.1. The second-order valence-corrected chi connectivity index (χ2v) is 4.82. The summed E-state index contributed by atoms with van der Waals surface area (Å²) in [6.45, 7) is 3.31. The molecule has 0 aromatic carbocycles. The van der Waals surface area contributed by atoms with Crippen LogP contribution in [0.4, 0.5) is 0 Å². The third-order valence-corrected chi connectivity index (χ3v) is 2.76. The summed E-state index contributed by atoms with van der Waals surface area (Å²) in [6.07, 6.45) is 0. The van der Waals surface area contributed by atoms with Crippen molar-refractivity contribution in [1.29, 1.82) is 5.26 Å². The van der Waals surface area contributed by atoms with E-state index in [4.69, 9.17) is 10.4 Å². The number of nitriles is 1. The molecule has 0 saturated heterocycles. The van der Waals surface area contributed by atoms with Gasteiger partial charge in [-0.05, 0) is 5.92 Å². The number of hydrogen-bond donors (Lipinski definition) is 2. The first kappa shape index (κ1) is 12.4. The van der Waals surface area contributed by atoms with Gasteiger partial charge >= 0.3 is 0 Å². The van der Waals surface area contributed by atoms with Crippen LogP contribution in [-0.4, -0.2) is 31.9 Å². The molecule has 0 amide bonds. The Labute approximate surface area is 78.4 Å². The summed E-state index contributed by atoms with van der Waals surface area (Å²) < 4.78 is 24.4. The molecule has 0 fully saturated rings. The second kappa shape index (κ2) is 5.17. The molecule has 6 heteroatoms. The molecule has 0 rings (SSSR count). The zero-order valence-corrected chi connectivity index (χ0v) is 8.50. The van der Waals surface area contributed by atoms with Gasteiger partial charge in [0.15, 0.2) is 5.75 Å². The lowest BCUT2D eigenvalue weighted by atomic mass is 10.1. The fraction of sp³-hybridized carbons (Fsp3) is 0.857. The summed E-state index contributed by atoms with van der Waals surface area (Å²) in [4.78, 5) is 0. The van der Waals surface area contributed by atoms with Crippen LogP contribution in [0.25, 0.3) is 0 Å². The number of rotatable bonds is 5. The van der Waals surface area contributed by atoms with Crippen molar-refractivity contribution in [3.05, 3.63) is 0 Å². The van der Waals surface area contributed by atoms with Gasteiger partial charge in [0.25, 0.3) is 0 Å². The highest BCUT2D eigenvalue weighted by atomic mass is 32.2. The smallest absolute Gasteiger partial charge is 0.225 e. The Morgan fingerprint density at radius 3 is 2.38 bits per heavy atom. The van der Waals surface area contributed by atoms with E-state index in [0.29, 0.717) is 0 Å². The lowest BCUT2D eigenvalue weighted by Crippen LogP contribution is -2.41. The Morgan fingerprint density at radius 2 is 2.08 bits per heavy atom. The van der Waals surface area contributed by atoms with Crippen molar-refractivity contribution in [3.63, 3.8) is 0 Å². The fourth-order valence-electron chi connectivity index (χ4n) is 0.741. The molecule has 2 N–H and O–H groups in total. The molecule has 0 aliphatic rings. The van der Waals surface area contributed by atoms with Gasteiger partial charge in [-0.2, -0.15) is 5.26 Å². The summed E-state index contributed by atoms with van der Waals surface area (Å²) in [7, 11) is -3.56. The number of aliphatic hydroxyl groups excluding tert-OH is 1. The van der Waals surface area contributed by atoms with Gasteiger partial charge in [-0.3, -0.25) is 0 Å². The molecule has 0 saturated carbocycles. The third-order valence-electron chi connectivity index (χ3n) is 1.59. The highest BCUT2D eigenvalue weighted by molar-refractivity contribution is 7.89. The lowest BCUT2D eigenvalue weighted by molar-refractivity contribution is 0.228. The molecule has 0 bridgehead atoms. The van der Waals surface area contributed by atoms with E-state index in [9.17, 15) is 8.42 Å². The highest BCUT2D eigenvalue weighted by Gasteiger charge is 2.19. The number of hydrogen-bond acceptors (Lipinski definition) is 4. The topological polar surface area (TPSA) is 90.2 Å².